The highest BCUT2D eigenvalue weighted by molar-refractivity contribution is 5.76. The lowest BCUT2D eigenvalue weighted by atomic mass is 9.98. The zero-order valence-electron chi connectivity index (χ0n) is 11.7. The molecule has 4 nitrogen and oxygen atoms in total. The molecule has 0 aliphatic heterocycles. The number of halogens is 3. The smallest absolute Gasteiger partial charge is 0.416 e. The molecule has 1 aromatic carbocycles. The topological polar surface area (TPSA) is 53.7 Å². The van der Waals surface area contributed by atoms with Crippen molar-refractivity contribution in [1.29, 1.82) is 0 Å². The van der Waals surface area contributed by atoms with E-state index < -0.39 is 23.8 Å². The molecule has 0 fully saturated rings. The number of furan rings is 1. The summed E-state index contributed by atoms with van der Waals surface area (Å²) in [7, 11) is 1.46. The van der Waals surface area contributed by atoms with Crippen molar-refractivity contribution in [2.45, 2.75) is 18.8 Å². The van der Waals surface area contributed by atoms with E-state index in [-0.39, 0.29) is 12.1 Å². The van der Waals surface area contributed by atoms with E-state index in [1.54, 1.807) is 6.07 Å². The molecule has 2 rings (SSSR count). The molecule has 0 radical (unpaired) electrons. The van der Waals surface area contributed by atoms with Crippen LogP contribution in [0.2, 0.25) is 0 Å². The molecule has 1 atom stereocenters. The first-order valence-corrected chi connectivity index (χ1v) is 6.41. The Morgan fingerprint density at radius 2 is 2.00 bits per heavy atom. The van der Waals surface area contributed by atoms with E-state index in [1.807, 2.05) is 0 Å². The quantitative estimate of drug-likeness (QED) is 0.917. The maximum absolute atomic E-state index is 13.1. The number of hydrogen-bond donors (Lipinski definition) is 1. The van der Waals surface area contributed by atoms with E-state index in [1.165, 1.54) is 42.7 Å². The van der Waals surface area contributed by atoms with Gasteiger partial charge in [0.1, 0.15) is 6.04 Å². The lowest BCUT2D eigenvalue weighted by Crippen LogP contribution is -2.32. The van der Waals surface area contributed by atoms with Gasteiger partial charge in [0.05, 0.1) is 18.1 Å². The molecule has 1 unspecified atom stereocenters. The molecule has 2 aromatic rings. The van der Waals surface area contributed by atoms with Crippen molar-refractivity contribution < 1.29 is 27.5 Å². The molecule has 22 heavy (non-hydrogen) atoms. The number of likely N-dealkylation sites (N-methyl/N-ethyl adjacent to an activating group) is 1. The molecule has 7 heteroatoms. The fourth-order valence-corrected chi connectivity index (χ4v) is 2.31. The van der Waals surface area contributed by atoms with Gasteiger partial charge < -0.3 is 9.52 Å². The summed E-state index contributed by atoms with van der Waals surface area (Å²) in [6.07, 6.45) is -1.77. The normalized spacial score (nSPS) is 13.3. The summed E-state index contributed by atoms with van der Waals surface area (Å²) in [5, 5.41) is 9.38. The lowest BCUT2D eigenvalue weighted by Gasteiger charge is -2.26. The number of alkyl halides is 3. The molecule has 1 heterocycles. The van der Waals surface area contributed by atoms with Crippen LogP contribution in [-0.4, -0.2) is 23.0 Å². The Morgan fingerprint density at radius 1 is 1.32 bits per heavy atom. The zero-order valence-corrected chi connectivity index (χ0v) is 11.7. The Morgan fingerprint density at radius 3 is 2.55 bits per heavy atom. The maximum Gasteiger partial charge on any atom is 0.416 e. The van der Waals surface area contributed by atoms with Crippen LogP contribution in [0.3, 0.4) is 0 Å². The predicted octanol–water partition coefficient (Wildman–Crippen LogP) is 3.56. The summed E-state index contributed by atoms with van der Waals surface area (Å²) in [6.45, 7) is 0.152. The van der Waals surface area contributed by atoms with Crippen molar-refractivity contribution in [2.75, 3.05) is 7.05 Å². The minimum atomic E-state index is -4.61. The average Bonchev–Trinajstić information content (AvgIpc) is 2.90. The van der Waals surface area contributed by atoms with Crippen molar-refractivity contribution in [2.24, 2.45) is 0 Å². The summed E-state index contributed by atoms with van der Waals surface area (Å²) in [4.78, 5) is 12.8. The lowest BCUT2D eigenvalue weighted by molar-refractivity contribution is -0.145. The van der Waals surface area contributed by atoms with E-state index in [9.17, 15) is 23.1 Å². The van der Waals surface area contributed by atoms with Gasteiger partial charge in [-0.05, 0) is 24.7 Å². The van der Waals surface area contributed by atoms with Gasteiger partial charge in [-0.3, -0.25) is 9.69 Å². The molecule has 0 aliphatic carbocycles. The van der Waals surface area contributed by atoms with Gasteiger partial charge in [0.25, 0.3) is 0 Å². The van der Waals surface area contributed by atoms with Gasteiger partial charge in [0.15, 0.2) is 0 Å². The Bertz CT molecular complexity index is 638. The fraction of sp³-hybridized carbons (Fsp3) is 0.267. The van der Waals surface area contributed by atoms with Crippen LogP contribution in [0.5, 0.6) is 0 Å². The SMILES string of the molecule is CN(Cc1ccoc1)C(C(=O)O)c1ccccc1C(F)(F)F. The van der Waals surface area contributed by atoms with Gasteiger partial charge in [0, 0.05) is 12.1 Å². The van der Waals surface area contributed by atoms with E-state index in [2.05, 4.69) is 0 Å². The molecule has 0 saturated carbocycles. The summed E-state index contributed by atoms with van der Waals surface area (Å²) in [5.41, 5.74) is -0.548. The van der Waals surface area contributed by atoms with Crippen molar-refractivity contribution >= 4 is 5.97 Å². The largest absolute Gasteiger partial charge is 0.480 e. The zero-order chi connectivity index (χ0) is 16.3. The number of carbonyl (C=O) groups is 1. The highest BCUT2D eigenvalue weighted by atomic mass is 19.4. The van der Waals surface area contributed by atoms with Gasteiger partial charge in [-0.15, -0.1) is 0 Å². The van der Waals surface area contributed by atoms with Gasteiger partial charge in [-0.1, -0.05) is 18.2 Å². The molecule has 1 aromatic heterocycles. The standard InChI is InChI=1S/C15H14F3NO3/c1-19(8-10-6-7-22-9-10)13(14(20)21)11-4-2-3-5-12(11)15(16,17)18/h2-7,9,13H,8H2,1H3,(H,20,21). The summed E-state index contributed by atoms with van der Waals surface area (Å²) in [5.74, 6) is -1.34. The molecule has 0 spiro atoms. The second-order valence-corrected chi connectivity index (χ2v) is 4.87. The van der Waals surface area contributed by atoms with Crippen LogP contribution in [0, 0.1) is 0 Å². The number of nitrogens with zero attached hydrogens (tertiary/aromatic N) is 1. The van der Waals surface area contributed by atoms with Crippen LogP contribution in [0.4, 0.5) is 13.2 Å². The summed E-state index contributed by atoms with van der Waals surface area (Å²) < 4.78 is 44.1. The third-order valence-electron chi connectivity index (χ3n) is 3.25. The highest BCUT2D eigenvalue weighted by Crippen LogP contribution is 2.36. The third-order valence-corrected chi connectivity index (χ3v) is 3.25. The monoisotopic (exact) mass is 313 g/mol. The van der Waals surface area contributed by atoms with E-state index >= 15 is 0 Å². The number of benzene rings is 1. The van der Waals surface area contributed by atoms with Gasteiger partial charge in [0.2, 0.25) is 0 Å². The maximum atomic E-state index is 13.1. The van der Waals surface area contributed by atoms with Crippen LogP contribution in [0.1, 0.15) is 22.7 Å². The number of carboxylic acid groups (broad SMARTS) is 1. The van der Waals surface area contributed by atoms with E-state index in [0.29, 0.717) is 5.56 Å². The first kappa shape index (κ1) is 16.1. The molecule has 118 valence electrons. The Balaban J connectivity index is 2.38. The van der Waals surface area contributed by atoms with Crippen molar-refractivity contribution in [1.82, 2.24) is 4.90 Å². The van der Waals surface area contributed by atoms with E-state index in [4.69, 9.17) is 4.42 Å². The van der Waals surface area contributed by atoms with Crippen LogP contribution in [0.15, 0.2) is 47.3 Å². The number of rotatable bonds is 5. The molecule has 0 bridgehead atoms. The van der Waals surface area contributed by atoms with Crippen LogP contribution in [-0.2, 0) is 17.5 Å². The fourth-order valence-electron chi connectivity index (χ4n) is 2.31. The van der Waals surface area contributed by atoms with Crippen LogP contribution in [0.25, 0.3) is 0 Å². The predicted molar refractivity (Wildman–Crippen MR) is 72.0 cm³/mol. The minimum absolute atomic E-state index is 0.152. The molecule has 0 aliphatic rings. The van der Waals surface area contributed by atoms with Crippen molar-refractivity contribution in [3.8, 4) is 0 Å². The number of carboxylic acids is 1. The van der Waals surface area contributed by atoms with Gasteiger partial charge >= 0.3 is 12.1 Å². The third kappa shape index (κ3) is 3.48. The van der Waals surface area contributed by atoms with E-state index in [0.717, 1.165) is 6.07 Å². The Hall–Kier alpha value is -2.28. The Labute approximate surface area is 124 Å². The molecular formula is C15H14F3NO3. The number of hydrogen-bond acceptors (Lipinski definition) is 3. The second kappa shape index (κ2) is 6.23. The first-order chi connectivity index (χ1) is 10.3. The minimum Gasteiger partial charge on any atom is -0.480 e. The molecule has 0 amide bonds. The number of aliphatic carboxylic acids is 1. The average molecular weight is 313 g/mol. The Kier molecular flexibility index (Phi) is 4.56. The summed E-state index contributed by atoms with van der Waals surface area (Å²) in [6, 6.07) is 4.93. The summed E-state index contributed by atoms with van der Waals surface area (Å²) >= 11 is 0. The molecule has 0 saturated heterocycles. The first-order valence-electron chi connectivity index (χ1n) is 6.41. The molecule has 1 N–H and O–H groups in total. The van der Waals surface area contributed by atoms with Gasteiger partial charge in [-0.25, -0.2) is 0 Å². The molecular weight excluding hydrogens is 299 g/mol. The van der Waals surface area contributed by atoms with Crippen LogP contribution >= 0.6 is 0 Å². The van der Waals surface area contributed by atoms with Crippen molar-refractivity contribution in [3.63, 3.8) is 0 Å². The van der Waals surface area contributed by atoms with Crippen molar-refractivity contribution in [3.05, 3.63) is 59.5 Å². The second-order valence-electron chi connectivity index (χ2n) is 4.87. The highest BCUT2D eigenvalue weighted by Gasteiger charge is 2.38. The van der Waals surface area contributed by atoms with Crippen LogP contribution < -0.4 is 0 Å². The van der Waals surface area contributed by atoms with Gasteiger partial charge in [-0.2, -0.15) is 13.2 Å².